The van der Waals surface area contributed by atoms with Crippen molar-refractivity contribution < 1.29 is 19.1 Å². The fourth-order valence-electron chi connectivity index (χ4n) is 2.83. The van der Waals surface area contributed by atoms with E-state index in [-0.39, 0.29) is 23.5 Å². The summed E-state index contributed by atoms with van der Waals surface area (Å²) < 4.78 is 10.2. The van der Waals surface area contributed by atoms with Crippen LogP contribution in [0.15, 0.2) is 18.2 Å². The molecule has 1 aromatic rings. The highest BCUT2D eigenvalue weighted by atomic mass is 35.5. The molecule has 0 saturated carbocycles. The van der Waals surface area contributed by atoms with Crippen molar-refractivity contribution in [2.75, 3.05) is 13.7 Å². The van der Waals surface area contributed by atoms with Crippen LogP contribution in [0.4, 0.5) is 0 Å². The topological polar surface area (TPSA) is 64.6 Å². The molecule has 0 aliphatic carbocycles. The van der Waals surface area contributed by atoms with Crippen LogP contribution in [0.5, 0.6) is 5.75 Å². The van der Waals surface area contributed by atoms with Crippen LogP contribution in [0.25, 0.3) is 0 Å². The van der Waals surface area contributed by atoms with Gasteiger partial charge in [-0.15, -0.1) is 0 Å². The number of ether oxygens (including phenoxy) is 2. The number of hydrogen-bond acceptors (Lipinski definition) is 4. The second kappa shape index (κ2) is 7.88. The minimum Gasteiger partial charge on any atom is -0.496 e. The van der Waals surface area contributed by atoms with E-state index in [2.05, 4.69) is 26.1 Å². The summed E-state index contributed by atoms with van der Waals surface area (Å²) in [5.74, 6) is -0.658. The Morgan fingerprint density at radius 3 is 2.33 bits per heavy atom. The van der Waals surface area contributed by atoms with Crippen LogP contribution < -0.4 is 10.1 Å². The molecule has 0 bridgehead atoms. The van der Waals surface area contributed by atoms with E-state index in [4.69, 9.17) is 21.1 Å². The molecule has 0 spiro atoms. The Kier molecular flexibility index (Phi) is 6.67. The maximum atomic E-state index is 12.1. The Hall–Kier alpha value is -1.75. The van der Waals surface area contributed by atoms with Gasteiger partial charge in [0.25, 0.3) is 5.91 Å². The summed E-state index contributed by atoms with van der Waals surface area (Å²) in [4.78, 5) is 24.2. The number of nitrogens with one attached hydrogen (secondary N) is 1. The smallest absolute Gasteiger partial charge is 0.342 e. The van der Waals surface area contributed by atoms with Crippen molar-refractivity contribution in [2.45, 2.75) is 46.6 Å². The molecule has 1 aromatic carbocycles. The predicted molar refractivity (Wildman–Crippen MR) is 94.6 cm³/mol. The molecule has 0 aliphatic rings. The molecule has 6 heteroatoms. The lowest BCUT2D eigenvalue weighted by Crippen LogP contribution is -2.47. The van der Waals surface area contributed by atoms with Gasteiger partial charge >= 0.3 is 5.97 Å². The van der Waals surface area contributed by atoms with Crippen molar-refractivity contribution >= 4 is 23.5 Å². The van der Waals surface area contributed by atoms with Gasteiger partial charge in [0.05, 0.1) is 7.11 Å². The molecule has 0 aliphatic heterocycles. The lowest BCUT2D eigenvalue weighted by molar-refractivity contribution is -0.126. The average molecular weight is 356 g/mol. The molecule has 0 aromatic heterocycles. The molecule has 1 rings (SSSR count). The van der Waals surface area contributed by atoms with Gasteiger partial charge in [0.15, 0.2) is 6.61 Å². The zero-order valence-corrected chi connectivity index (χ0v) is 15.9. The highest BCUT2D eigenvalue weighted by Crippen LogP contribution is 2.27. The summed E-state index contributed by atoms with van der Waals surface area (Å²) in [5.41, 5.74) is -0.136. The third kappa shape index (κ3) is 6.79. The van der Waals surface area contributed by atoms with E-state index in [0.717, 1.165) is 6.42 Å². The van der Waals surface area contributed by atoms with E-state index < -0.39 is 11.5 Å². The standard InChI is InChI=1S/C18H26ClNO4/c1-17(2,3)11-18(4,5)20-15(21)10-24-16(22)13-9-12(19)7-8-14(13)23-6/h7-9H,10-11H2,1-6H3,(H,20,21). The van der Waals surface area contributed by atoms with Gasteiger partial charge in [0, 0.05) is 10.6 Å². The highest BCUT2D eigenvalue weighted by Gasteiger charge is 2.27. The number of hydrogen-bond donors (Lipinski definition) is 1. The third-order valence-electron chi connectivity index (χ3n) is 3.17. The van der Waals surface area contributed by atoms with Crippen LogP contribution in [-0.2, 0) is 9.53 Å². The molecule has 24 heavy (non-hydrogen) atoms. The third-order valence-corrected chi connectivity index (χ3v) is 3.40. The monoisotopic (exact) mass is 355 g/mol. The fourth-order valence-corrected chi connectivity index (χ4v) is 3.00. The summed E-state index contributed by atoms with van der Waals surface area (Å²) in [6.07, 6.45) is 0.793. The minimum absolute atomic E-state index is 0.0710. The Morgan fingerprint density at radius 2 is 1.79 bits per heavy atom. The maximum Gasteiger partial charge on any atom is 0.342 e. The van der Waals surface area contributed by atoms with Crippen molar-refractivity contribution in [3.8, 4) is 5.75 Å². The molecule has 0 fully saturated rings. The Morgan fingerprint density at radius 1 is 1.17 bits per heavy atom. The molecule has 1 amide bonds. The van der Waals surface area contributed by atoms with Gasteiger partial charge < -0.3 is 14.8 Å². The summed E-state index contributed by atoms with van der Waals surface area (Å²) in [6.45, 7) is 9.84. The summed E-state index contributed by atoms with van der Waals surface area (Å²) in [5, 5.41) is 3.27. The molecule has 0 heterocycles. The fraction of sp³-hybridized carbons (Fsp3) is 0.556. The summed E-state index contributed by atoms with van der Waals surface area (Å²) in [6, 6.07) is 4.63. The first-order valence-corrected chi connectivity index (χ1v) is 8.13. The van der Waals surface area contributed by atoms with Crippen molar-refractivity contribution in [1.82, 2.24) is 5.32 Å². The van der Waals surface area contributed by atoms with Crippen LogP contribution in [0.1, 0.15) is 51.4 Å². The van der Waals surface area contributed by atoms with Gasteiger partial charge in [0.1, 0.15) is 11.3 Å². The van der Waals surface area contributed by atoms with Crippen LogP contribution in [-0.4, -0.2) is 31.1 Å². The Bertz CT molecular complexity index is 606. The molecule has 1 N–H and O–H groups in total. The first-order valence-electron chi connectivity index (χ1n) is 7.75. The van der Waals surface area contributed by atoms with E-state index in [0.29, 0.717) is 10.8 Å². The predicted octanol–water partition coefficient (Wildman–Crippen LogP) is 3.84. The lowest BCUT2D eigenvalue weighted by atomic mass is 9.82. The Balaban J connectivity index is 2.64. The normalized spacial score (nSPS) is 11.8. The first-order chi connectivity index (χ1) is 10.9. The number of amides is 1. The van der Waals surface area contributed by atoms with E-state index in [1.807, 2.05) is 13.8 Å². The SMILES string of the molecule is COc1ccc(Cl)cc1C(=O)OCC(=O)NC(C)(C)CC(C)(C)C. The largest absolute Gasteiger partial charge is 0.496 e. The van der Waals surface area contributed by atoms with Gasteiger partial charge in [0.2, 0.25) is 0 Å². The van der Waals surface area contributed by atoms with Crippen molar-refractivity contribution in [1.29, 1.82) is 0 Å². The van der Waals surface area contributed by atoms with E-state index in [9.17, 15) is 9.59 Å². The number of rotatable bonds is 6. The van der Waals surface area contributed by atoms with Crippen LogP contribution in [0, 0.1) is 5.41 Å². The van der Waals surface area contributed by atoms with Crippen LogP contribution in [0.2, 0.25) is 5.02 Å². The second-order valence-corrected chi connectivity index (χ2v) is 8.03. The average Bonchev–Trinajstić information content (AvgIpc) is 2.41. The van der Waals surface area contributed by atoms with Gasteiger partial charge in [-0.05, 0) is 43.9 Å². The molecule has 0 saturated heterocycles. The maximum absolute atomic E-state index is 12.1. The number of methoxy groups -OCH3 is 1. The summed E-state index contributed by atoms with van der Waals surface area (Å²) >= 11 is 5.89. The minimum atomic E-state index is -0.655. The van der Waals surface area contributed by atoms with Crippen molar-refractivity contribution in [3.63, 3.8) is 0 Å². The van der Waals surface area contributed by atoms with E-state index in [1.165, 1.54) is 13.2 Å². The van der Waals surface area contributed by atoms with Crippen LogP contribution in [0.3, 0.4) is 0 Å². The highest BCUT2D eigenvalue weighted by molar-refractivity contribution is 6.31. The van der Waals surface area contributed by atoms with Gasteiger partial charge in [-0.2, -0.15) is 0 Å². The van der Waals surface area contributed by atoms with Gasteiger partial charge in [-0.25, -0.2) is 4.79 Å². The second-order valence-electron chi connectivity index (χ2n) is 7.59. The number of halogens is 1. The number of carbonyl (C=O) groups excluding carboxylic acids is 2. The van der Waals surface area contributed by atoms with E-state index >= 15 is 0 Å². The first kappa shape index (κ1) is 20.3. The van der Waals surface area contributed by atoms with Gasteiger partial charge in [-0.1, -0.05) is 32.4 Å². The summed E-state index contributed by atoms with van der Waals surface area (Å²) in [7, 11) is 1.45. The number of benzene rings is 1. The number of esters is 1. The quantitative estimate of drug-likeness (QED) is 0.787. The zero-order valence-electron chi connectivity index (χ0n) is 15.2. The molecular weight excluding hydrogens is 330 g/mol. The zero-order chi connectivity index (χ0) is 18.5. The lowest BCUT2D eigenvalue weighted by Gasteiger charge is -2.33. The van der Waals surface area contributed by atoms with Crippen LogP contribution >= 0.6 is 11.6 Å². The number of carbonyl (C=O) groups is 2. The molecule has 5 nitrogen and oxygen atoms in total. The molecule has 134 valence electrons. The van der Waals surface area contributed by atoms with E-state index in [1.54, 1.807) is 12.1 Å². The Labute approximate surface area is 148 Å². The van der Waals surface area contributed by atoms with Crippen molar-refractivity contribution in [2.24, 2.45) is 5.41 Å². The molecule has 0 unspecified atom stereocenters. The van der Waals surface area contributed by atoms with Gasteiger partial charge in [-0.3, -0.25) is 4.79 Å². The van der Waals surface area contributed by atoms with Crippen molar-refractivity contribution in [3.05, 3.63) is 28.8 Å². The molecule has 0 atom stereocenters. The molecular formula is C18H26ClNO4. The molecule has 0 radical (unpaired) electrons.